The number of allylic oxidation sites excluding steroid dienone is 1. The quantitative estimate of drug-likeness (QED) is 0.498. The molecular formula is C30H36ClN7O4. The van der Waals surface area contributed by atoms with E-state index in [1.54, 1.807) is 28.9 Å². The van der Waals surface area contributed by atoms with Crippen molar-refractivity contribution >= 4 is 34.8 Å². The van der Waals surface area contributed by atoms with Gasteiger partial charge in [-0.25, -0.2) is 4.99 Å². The highest BCUT2D eigenvalue weighted by Crippen LogP contribution is 2.35. The molecule has 0 aliphatic carbocycles. The number of carbonyl (C=O) groups is 2. The number of piperidine rings is 1. The highest BCUT2D eigenvalue weighted by atomic mass is 35.5. The number of ether oxygens (including phenoxy) is 1. The van der Waals surface area contributed by atoms with Crippen molar-refractivity contribution < 1.29 is 18.8 Å². The summed E-state index contributed by atoms with van der Waals surface area (Å²) in [6, 6.07) is 5.37. The van der Waals surface area contributed by atoms with Gasteiger partial charge in [-0.15, -0.1) is 0 Å². The minimum atomic E-state index is -0.216. The Morgan fingerprint density at radius 2 is 2.00 bits per heavy atom. The van der Waals surface area contributed by atoms with Gasteiger partial charge in [0.15, 0.2) is 0 Å². The fraction of sp³-hybridized carbons (Fsp3) is 0.433. The largest absolute Gasteiger partial charge is 0.381 e. The number of nitrogens with two attached hydrogens (primary N) is 1. The number of rotatable bonds is 7. The fourth-order valence-corrected chi connectivity index (χ4v) is 5.82. The van der Waals surface area contributed by atoms with Crippen LogP contribution in [0.3, 0.4) is 0 Å². The molecule has 5 rings (SSSR count). The summed E-state index contributed by atoms with van der Waals surface area (Å²) in [5.74, 6) is 1.56. The molecule has 0 saturated carbocycles. The van der Waals surface area contributed by atoms with Crippen LogP contribution >= 0.6 is 11.6 Å². The van der Waals surface area contributed by atoms with E-state index in [-0.39, 0.29) is 30.4 Å². The second-order valence-electron chi connectivity index (χ2n) is 10.5. The van der Waals surface area contributed by atoms with Crippen molar-refractivity contribution in [1.29, 1.82) is 0 Å². The number of nitrogens with zero attached hydrogens (tertiary/aromatic N) is 5. The summed E-state index contributed by atoms with van der Waals surface area (Å²) in [6.45, 7) is 10.1. The van der Waals surface area contributed by atoms with Crippen LogP contribution in [0.15, 0.2) is 57.8 Å². The van der Waals surface area contributed by atoms with Crippen LogP contribution in [-0.4, -0.2) is 82.5 Å². The Balaban J connectivity index is 1.49. The minimum Gasteiger partial charge on any atom is -0.381 e. The number of amidine groups is 1. The van der Waals surface area contributed by atoms with Crippen molar-refractivity contribution in [1.82, 2.24) is 25.3 Å². The zero-order valence-corrected chi connectivity index (χ0v) is 24.7. The lowest BCUT2D eigenvalue weighted by atomic mass is 9.92. The number of aromatic nitrogens is 2. The third kappa shape index (κ3) is 6.33. The molecule has 0 spiro atoms. The Hall–Kier alpha value is -3.80. The molecule has 3 aliphatic rings. The molecule has 42 heavy (non-hydrogen) atoms. The maximum absolute atomic E-state index is 14.3. The number of aliphatic imine (C=N–C) groups is 1. The van der Waals surface area contributed by atoms with Gasteiger partial charge in [-0.2, -0.15) is 4.98 Å². The Morgan fingerprint density at radius 1 is 1.26 bits per heavy atom. The molecule has 1 aromatic heterocycles. The maximum Gasteiger partial charge on any atom is 0.260 e. The molecule has 3 aliphatic heterocycles. The molecule has 2 saturated heterocycles. The average Bonchev–Trinajstić information content (AvgIpc) is 3.44. The smallest absolute Gasteiger partial charge is 0.260 e. The lowest BCUT2D eigenvalue weighted by molar-refractivity contribution is -0.131. The molecule has 222 valence electrons. The Labute approximate surface area is 250 Å². The van der Waals surface area contributed by atoms with Gasteiger partial charge in [0, 0.05) is 72.6 Å². The van der Waals surface area contributed by atoms with Crippen LogP contribution in [0.4, 0.5) is 0 Å². The lowest BCUT2D eigenvalue weighted by Gasteiger charge is -2.41. The molecule has 0 radical (unpaired) electrons. The number of hydrogen-bond acceptors (Lipinski definition) is 9. The molecule has 0 bridgehead atoms. The van der Waals surface area contributed by atoms with Crippen LogP contribution in [0, 0.1) is 6.92 Å². The Kier molecular flexibility index (Phi) is 9.20. The second-order valence-corrected chi connectivity index (χ2v) is 10.9. The maximum atomic E-state index is 14.3. The van der Waals surface area contributed by atoms with Crippen molar-refractivity contribution in [2.75, 3.05) is 32.8 Å². The predicted octanol–water partition coefficient (Wildman–Crippen LogP) is 3.46. The molecule has 11 nitrogen and oxygen atoms in total. The van der Waals surface area contributed by atoms with Gasteiger partial charge in [0.05, 0.1) is 6.54 Å². The molecular weight excluding hydrogens is 558 g/mol. The summed E-state index contributed by atoms with van der Waals surface area (Å²) >= 11 is 6.77. The van der Waals surface area contributed by atoms with Crippen molar-refractivity contribution in [2.24, 2.45) is 10.7 Å². The molecule has 12 heteroatoms. The van der Waals surface area contributed by atoms with E-state index >= 15 is 0 Å². The van der Waals surface area contributed by atoms with E-state index in [0.717, 1.165) is 18.4 Å². The van der Waals surface area contributed by atoms with E-state index < -0.39 is 0 Å². The van der Waals surface area contributed by atoms with Crippen molar-refractivity contribution in [3.63, 3.8) is 0 Å². The van der Waals surface area contributed by atoms with Crippen LogP contribution in [-0.2, 0) is 14.3 Å². The van der Waals surface area contributed by atoms with Crippen LogP contribution < -0.4 is 11.1 Å². The molecule has 3 N–H and O–H groups in total. The van der Waals surface area contributed by atoms with E-state index in [1.165, 1.54) is 0 Å². The van der Waals surface area contributed by atoms with Crippen molar-refractivity contribution in [2.45, 2.75) is 51.6 Å². The van der Waals surface area contributed by atoms with Gasteiger partial charge in [0.25, 0.3) is 5.91 Å². The SMILES string of the molecule is C=C(/N=C1\C(=C/C)C=C(c2ccc(-c3noc(C)n3)cc2Cl)C(=O)N1C1CCN(C(=O)CN)CC1)NC1CCOCC1. The number of halogens is 1. The highest BCUT2D eigenvalue weighted by Gasteiger charge is 2.38. The number of nitrogens with one attached hydrogen (secondary N) is 1. The minimum absolute atomic E-state index is 0.0365. The Morgan fingerprint density at radius 3 is 2.62 bits per heavy atom. The summed E-state index contributed by atoms with van der Waals surface area (Å²) in [6.07, 6.45) is 6.65. The standard InChI is InChI=1S/C30H36ClN7O4/c1-4-20-15-25(24-6-5-21(16-26(24)31)28-35-19(3)42-36-28)30(40)38(23-7-11-37(12-8-23)27(39)17-32)29(20)34-18(2)33-22-9-13-41-14-10-22/h4-6,15-16,22-23,33H,2,7-14,17,32H2,1,3H3/b20-4-,34-29+. The zero-order valence-electron chi connectivity index (χ0n) is 23.9. The fourth-order valence-electron chi connectivity index (χ4n) is 5.54. The summed E-state index contributed by atoms with van der Waals surface area (Å²) in [5, 5.41) is 7.76. The Bertz CT molecular complexity index is 1450. The number of benzene rings is 1. The normalized spacial score (nSPS) is 20.8. The van der Waals surface area contributed by atoms with Gasteiger partial charge in [-0.05, 0) is 44.7 Å². The number of carbonyl (C=O) groups excluding carboxylic acids is 2. The molecule has 4 heterocycles. The molecule has 2 fully saturated rings. The van der Waals surface area contributed by atoms with Gasteiger partial charge in [0.2, 0.25) is 17.6 Å². The summed E-state index contributed by atoms with van der Waals surface area (Å²) < 4.78 is 10.6. The zero-order chi connectivity index (χ0) is 29.8. The van der Waals surface area contributed by atoms with Gasteiger partial charge in [-0.3, -0.25) is 14.5 Å². The first-order valence-corrected chi connectivity index (χ1v) is 14.6. The van der Waals surface area contributed by atoms with E-state index in [4.69, 9.17) is 31.6 Å². The monoisotopic (exact) mass is 593 g/mol. The van der Waals surface area contributed by atoms with Crippen LogP contribution in [0.2, 0.25) is 5.02 Å². The van der Waals surface area contributed by atoms with Crippen molar-refractivity contribution in [3.05, 3.63) is 64.8 Å². The third-order valence-corrected chi connectivity index (χ3v) is 8.09. The van der Waals surface area contributed by atoms with Crippen molar-refractivity contribution in [3.8, 4) is 11.4 Å². The molecule has 2 aromatic rings. The third-order valence-electron chi connectivity index (χ3n) is 7.78. The lowest BCUT2D eigenvalue weighted by Crippen LogP contribution is -2.53. The highest BCUT2D eigenvalue weighted by molar-refractivity contribution is 6.37. The summed E-state index contributed by atoms with van der Waals surface area (Å²) in [7, 11) is 0. The van der Waals surface area contributed by atoms with E-state index in [9.17, 15) is 9.59 Å². The predicted molar refractivity (Wildman–Crippen MR) is 160 cm³/mol. The summed E-state index contributed by atoms with van der Waals surface area (Å²) in [5.41, 5.74) is 8.09. The van der Waals surface area contributed by atoms with Crippen LogP contribution in [0.5, 0.6) is 0 Å². The number of aryl methyl sites for hydroxylation is 1. The van der Waals surface area contributed by atoms with Gasteiger partial charge >= 0.3 is 0 Å². The average molecular weight is 594 g/mol. The first-order valence-electron chi connectivity index (χ1n) is 14.2. The summed E-state index contributed by atoms with van der Waals surface area (Å²) in [4.78, 5) is 39.2. The first kappa shape index (κ1) is 29.7. The topological polar surface area (TPSA) is 139 Å². The van der Waals surface area contributed by atoms with Gasteiger partial charge in [0.1, 0.15) is 11.7 Å². The first-order chi connectivity index (χ1) is 20.3. The van der Waals surface area contributed by atoms with E-state index in [0.29, 0.717) is 84.2 Å². The number of amides is 2. The molecule has 0 unspecified atom stereocenters. The molecule has 2 amide bonds. The number of likely N-dealkylation sites (tertiary alicyclic amines) is 1. The van der Waals surface area contributed by atoms with E-state index in [1.807, 2.05) is 25.1 Å². The van der Waals surface area contributed by atoms with Gasteiger partial charge in [-0.1, -0.05) is 41.5 Å². The van der Waals surface area contributed by atoms with Gasteiger partial charge < -0.3 is 25.2 Å². The second kappa shape index (κ2) is 13.0. The number of hydrogen-bond donors (Lipinski definition) is 2. The van der Waals surface area contributed by atoms with Crippen LogP contribution in [0.1, 0.15) is 44.1 Å². The van der Waals surface area contributed by atoms with Crippen LogP contribution in [0.25, 0.3) is 17.0 Å². The van der Waals surface area contributed by atoms with E-state index in [2.05, 4.69) is 22.0 Å². The molecule has 1 aromatic carbocycles. The molecule has 0 atom stereocenters.